The molecule has 0 aromatic rings. The SMILES string of the molecule is COCC1=CCN(CC2CC(C)CCN2)CC1. The van der Waals surface area contributed by atoms with E-state index in [0.29, 0.717) is 6.04 Å². The Kier molecular flexibility index (Phi) is 5.01. The molecular formula is C14H26N2O. The second kappa shape index (κ2) is 6.53. The van der Waals surface area contributed by atoms with Gasteiger partial charge in [0.2, 0.25) is 0 Å². The van der Waals surface area contributed by atoms with Crippen LogP contribution in [0.1, 0.15) is 26.2 Å². The van der Waals surface area contributed by atoms with Gasteiger partial charge >= 0.3 is 0 Å². The number of hydrogen-bond donors (Lipinski definition) is 1. The summed E-state index contributed by atoms with van der Waals surface area (Å²) < 4.78 is 5.18. The number of hydrogen-bond acceptors (Lipinski definition) is 3. The van der Waals surface area contributed by atoms with Gasteiger partial charge < -0.3 is 10.1 Å². The van der Waals surface area contributed by atoms with E-state index in [-0.39, 0.29) is 0 Å². The summed E-state index contributed by atoms with van der Waals surface area (Å²) in [5.41, 5.74) is 1.47. The lowest BCUT2D eigenvalue weighted by atomic mass is 9.94. The molecule has 1 N–H and O–H groups in total. The highest BCUT2D eigenvalue weighted by Crippen LogP contribution is 2.17. The van der Waals surface area contributed by atoms with Crippen LogP contribution in [-0.2, 0) is 4.74 Å². The maximum Gasteiger partial charge on any atom is 0.0673 e. The standard InChI is InChI=1S/C14H26N2O/c1-12-3-6-15-14(9-12)10-16-7-4-13(5-8-16)11-17-2/h4,12,14-15H,3,5-11H2,1-2H3. The summed E-state index contributed by atoms with van der Waals surface area (Å²) in [4.78, 5) is 2.56. The lowest BCUT2D eigenvalue weighted by Crippen LogP contribution is -2.46. The van der Waals surface area contributed by atoms with Gasteiger partial charge in [0.25, 0.3) is 0 Å². The van der Waals surface area contributed by atoms with E-state index in [1.807, 2.05) is 0 Å². The van der Waals surface area contributed by atoms with Crippen molar-refractivity contribution < 1.29 is 4.74 Å². The number of nitrogens with zero attached hydrogens (tertiary/aromatic N) is 1. The number of methoxy groups -OCH3 is 1. The highest BCUT2D eigenvalue weighted by atomic mass is 16.5. The van der Waals surface area contributed by atoms with Crippen LogP contribution >= 0.6 is 0 Å². The first-order chi connectivity index (χ1) is 8.28. The Morgan fingerprint density at radius 3 is 3.06 bits per heavy atom. The lowest BCUT2D eigenvalue weighted by molar-refractivity contribution is 0.196. The molecule has 2 aliphatic heterocycles. The molecule has 3 nitrogen and oxygen atoms in total. The van der Waals surface area contributed by atoms with Gasteiger partial charge in [-0.2, -0.15) is 0 Å². The largest absolute Gasteiger partial charge is 0.380 e. The second-order valence-electron chi connectivity index (χ2n) is 5.59. The molecule has 1 saturated heterocycles. The Morgan fingerprint density at radius 2 is 2.41 bits per heavy atom. The van der Waals surface area contributed by atoms with Crippen molar-refractivity contribution in [2.75, 3.05) is 39.9 Å². The van der Waals surface area contributed by atoms with E-state index >= 15 is 0 Å². The van der Waals surface area contributed by atoms with Crippen LogP contribution in [0, 0.1) is 5.92 Å². The van der Waals surface area contributed by atoms with Gasteiger partial charge in [0.05, 0.1) is 6.61 Å². The Hall–Kier alpha value is -0.380. The van der Waals surface area contributed by atoms with E-state index in [2.05, 4.69) is 23.2 Å². The minimum absolute atomic E-state index is 0.705. The molecule has 2 unspecified atom stereocenters. The van der Waals surface area contributed by atoms with Crippen LogP contribution in [0.5, 0.6) is 0 Å². The van der Waals surface area contributed by atoms with Crippen molar-refractivity contribution in [3.8, 4) is 0 Å². The van der Waals surface area contributed by atoms with Crippen molar-refractivity contribution in [2.24, 2.45) is 5.92 Å². The lowest BCUT2D eigenvalue weighted by Gasteiger charge is -2.34. The molecule has 3 heteroatoms. The van der Waals surface area contributed by atoms with Crippen molar-refractivity contribution >= 4 is 0 Å². The minimum atomic E-state index is 0.705. The molecule has 0 aromatic heterocycles. The molecule has 0 aromatic carbocycles. The fourth-order valence-electron chi connectivity index (χ4n) is 2.91. The minimum Gasteiger partial charge on any atom is -0.380 e. The number of nitrogens with one attached hydrogen (secondary N) is 1. The van der Waals surface area contributed by atoms with Crippen LogP contribution in [0.15, 0.2) is 11.6 Å². The Balaban J connectivity index is 1.74. The number of ether oxygens (including phenoxy) is 1. The van der Waals surface area contributed by atoms with Crippen LogP contribution in [0.3, 0.4) is 0 Å². The average molecular weight is 238 g/mol. The molecule has 0 saturated carbocycles. The van der Waals surface area contributed by atoms with Crippen molar-refractivity contribution in [2.45, 2.75) is 32.2 Å². The molecule has 17 heavy (non-hydrogen) atoms. The van der Waals surface area contributed by atoms with Crippen LogP contribution in [0.25, 0.3) is 0 Å². The predicted molar refractivity (Wildman–Crippen MR) is 71.2 cm³/mol. The van der Waals surface area contributed by atoms with E-state index in [1.54, 1.807) is 7.11 Å². The predicted octanol–water partition coefficient (Wildman–Crippen LogP) is 1.65. The topological polar surface area (TPSA) is 24.5 Å². The van der Waals surface area contributed by atoms with Gasteiger partial charge in [-0.15, -0.1) is 0 Å². The van der Waals surface area contributed by atoms with E-state index in [9.17, 15) is 0 Å². The third kappa shape index (κ3) is 4.09. The van der Waals surface area contributed by atoms with Gasteiger partial charge in [0.15, 0.2) is 0 Å². The van der Waals surface area contributed by atoms with E-state index in [4.69, 9.17) is 4.74 Å². The Labute approximate surface area is 105 Å². The highest BCUT2D eigenvalue weighted by Gasteiger charge is 2.21. The maximum atomic E-state index is 5.18. The van der Waals surface area contributed by atoms with Crippen LogP contribution in [-0.4, -0.2) is 50.8 Å². The quantitative estimate of drug-likeness (QED) is 0.754. The summed E-state index contributed by atoms with van der Waals surface area (Å²) in [5, 5.41) is 3.65. The van der Waals surface area contributed by atoms with E-state index in [0.717, 1.165) is 19.1 Å². The molecule has 1 fully saturated rings. The molecule has 2 rings (SSSR count). The Bertz CT molecular complexity index is 265. The smallest absolute Gasteiger partial charge is 0.0673 e. The third-order valence-corrected chi connectivity index (χ3v) is 3.95. The summed E-state index contributed by atoms with van der Waals surface area (Å²) in [6.45, 7) is 7.89. The first-order valence-corrected chi connectivity index (χ1v) is 6.90. The van der Waals surface area contributed by atoms with Crippen molar-refractivity contribution in [3.63, 3.8) is 0 Å². The first-order valence-electron chi connectivity index (χ1n) is 6.90. The van der Waals surface area contributed by atoms with Crippen molar-refractivity contribution in [3.05, 3.63) is 11.6 Å². The zero-order valence-electron chi connectivity index (χ0n) is 11.2. The summed E-state index contributed by atoms with van der Waals surface area (Å²) in [6, 6.07) is 0.705. The van der Waals surface area contributed by atoms with Gasteiger partial charge in [-0.3, -0.25) is 4.90 Å². The average Bonchev–Trinajstić information content (AvgIpc) is 2.32. The Morgan fingerprint density at radius 1 is 1.53 bits per heavy atom. The second-order valence-corrected chi connectivity index (χ2v) is 5.59. The molecule has 2 aliphatic rings. The van der Waals surface area contributed by atoms with Gasteiger partial charge in [-0.25, -0.2) is 0 Å². The summed E-state index contributed by atoms with van der Waals surface area (Å²) >= 11 is 0. The first kappa shape index (κ1) is 13.1. The molecule has 2 heterocycles. The van der Waals surface area contributed by atoms with Gasteiger partial charge in [0, 0.05) is 32.8 Å². The van der Waals surface area contributed by atoms with Gasteiger partial charge in [-0.1, -0.05) is 13.0 Å². The van der Waals surface area contributed by atoms with Gasteiger partial charge in [-0.05, 0) is 37.3 Å². The van der Waals surface area contributed by atoms with E-state index < -0.39 is 0 Å². The van der Waals surface area contributed by atoms with Crippen LogP contribution < -0.4 is 5.32 Å². The molecule has 0 aliphatic carbocycles. The maximum absolute atomic E-state index is 5.18. The summed E-state index contributed by atoms with van der Waals surface area (Å²) in [5.74, 6) is 0.894. The molecule has 0 amide bonds. The van der Waals surface area contributed by atoms with Crippen molar-refractivity contribution in [1.82, 2.24) is 10.2 Å². The van der Waals surface area contributed by atoms with Crippen molar-refractivity contribution in [1.29, 1.82) is 0 Å². The molecule has 2 atom stereocenters. The molecule has 0 radical (unpaired) electrons. The molecule has 0 spiro atoms. The molecule has 0 bridgehead atoms. The summed E-state index contributed by atoms with van der Waals surface area (Å²) in [7, 11) is 1.78. The zero-order valence-corrected chi connectivity index (χ0v) is 11.2. The monoisotopic (exact) mass is 238 g/mol. The third-order valence-electron chi connectivity index (χ3n) is 3.95. The van der Waals surface area contributed by atoms with Crippen LogP contribution in [0.4, 0.5) is 0 Å². The fraction of sp³-hybridized carbons (Fsp3) is 0.857. The highest BCUT2D eigenvalue weighted by molar-refractivity contribution is 5.07. The zero-order chi connectivity index (χ0) is 12.1. The van der Waals surface area contributed by atoms with E-state index in [1.165, 1.54) is 44.5 Å². The molecular weight excluding hydrogens is 212 g/mol. The van der Waals surface area contributed by atoms with Gasteiger partial charge in [0.1, 0.15) is 0 Å². The van der Waals surface area contributed by atoms with Crippen LogP contribution in [0.2, 0.25) is 0 Å². The number of piperidine rings is 1. The normalized spacial score (nSPS) is 31.3. The number of rotatable bonds is 4. The summed E-state index contributed by atoms with van der Waals surface area (Å²) in [6.07, 6.45) is 6.20. The fourth-order valence-corrected chi connectivity index (χ4v) is 2.91. The molecule has 98 valence electrons.